The smallest absolute Gasteiger partial charge is 0.123 e. The van der Waals surface area contributed by atoms with E-state index in [-0.39, 0.29) is 10.6 Å². The van der Waals surface area contributed by atoms with Crippen LogP contribution in [0.4, 0.5) is 4.39 Å². The SMILES string of the molecule is CSc1ccccc1C(Br)c1c(C)cc(F)cc1C. The van der Waals surface area contributed by atoms with E-state index in [1.807, 2.05) is 26.0 Å². The number of hydrogen-bond donors (Lipinski definition) is 0. The lowest BCUT2D eigenvalue weighted by Gasteiger charge is -2.19. The fourth-order valence-electron chi connectivity index (χ4n) is 2.35. The summed E-state index contributed by atoms with van der Waals surface area (Å²) in [6, 6.07) is 11.5. The minimum Gasteiger partial charge on any atom is -0.207 e. The van der Waals surface area contributed by atoms with Crippen LogP contribution in [-0.2, 0) is 0 Å². The van der Waals surface area contributed by atoms with Crippen LogP contribution < -0.4 is 0 Å². The van der Waals surface area contributed by atoms with E-state index in [0.717, 1.165) is 16.7 Å². The van der Waals surface area contributed by atoms with Gasteiger partial charge in [0.15, 0.2) is 0 Å². The summed E-state index contributed by atoms with van der Waals surface area (Å²) in [6.45, 7) is 3.92. The van der Waals surface area contributed by atoms with Gasteiger partial charge in [0.1, 0.15) is 5.82 Å². The van der Waals surface area contributed by atoms with Crippen molar-refractivity contribution >= 4 is 27.7 Å². The Morgan fingerprint density at radius 3 is 2.26 bits per heavy atom. The maximum atomic E-state index is 13.4. The third-order valence-corrected chi connectivity index (χ3v) is 4.99. The lowest BCUT2D eigenvalue weighted by atomic mass is 9.96. The average Bonchev–Trinajstić information content (AvgIpc) is 2.37. The highest BCUT2D eigenvalue weighted by atomic mass is 79.9. The summed E-state index contributed by atoms with van der Waals surface area (Å²) in [5, 5.41) is 0. The van der Waals surface area contributed by atoms with Crippen LogP contribution in [-0.4, -0.2) is 6.26 Å². The largest absolute Gasteiger partial charge is 0.207 e. The van der Waals surface area contributed by atoms with E-state index in [0.29, 0.717) is 0 Å². The highest BCUT2D eigenvalue weighted by Crippen LogP contribution is 2.39. The number of thioether (sulfide) groups is 1. The summed E-state index contributed by atoms with van der Waals surface area (Å²) in [4.78, 5) is 1.34. The van der Waals surface area contributed by atoms with Crippen LogP contribution >= 0.6 is 27.7 Å². The number of alkyl halides is 1. The lowest BCUT2D eigenvalue weighted by Crippen LogP contribution is -2.01. The van der Waals surface area contributed by atoms with E-state index >= 15 is 0 Å². The second-order valence-corrected chi connectivity index (χ2v) is 6.32. The van der Waals surface area contributed by atoms with Crippen molar-refractivity contribution in [2.45, 2.75) is 23.6 Å². The summed E-state index contributed by atoms with van der Waals surface area (Å²) >= 11 is 5.51. The molecule has 0 saturated carbocycles. The van der Waals surface area contributed by atoms with Gasteiger partial charge >= 0.3 is 0 Å². The van der Waals surface area contributed by atoms with Crippen LogP contribution in [0, 0.1) is 19.7 Å². The van der Waals surface area contributed by atoms with Gasteiger partial charge in [-0.05, 0) is 60.6 Å². The van der Waals surface area contributed by atoms with Crippen LogP contribution in [0.5, 0.6) is 0 Å². The monoisotopic (exact) mass is 338 g/mol. The Morgan fingerprint density at radius 2 is 1.68 bits per heavy atom. The van der Waals surface area contributed by atoms with E-state index in [1.54, 1.807) is 23.9 Å². The Morgan fingerprint density at radius 1 is 1.11 bits per heavy atom. The molecule has 0 saturated heterocycles. The quantitative estimate of drug-likeness (QED) is 0.514. The molecular formula is C16H16BrFS. The fourth-order valence-corrected chi connectivity index (χ4v) is 4.26. The van der Waals surface area contributed by atoms with Gasteiger partial charge < -0.3 is 0 Å². The first-order chi connectivity index (χ1) is 9.04. The van der Waals surface area contributed by atoms with Crippen molar-refractivity contribution in [3.63, 3.8) is 0 Å². The molecule has 0 fully saturated rings. The Balaban J connectivity index is 2.53. The number of rotatable bonds is 3. The van der Waals surface area contributed by atoms with Crippen LogP contribution in [0.25, 0.3) is 0 Å². The highest BCUT2D eigenvalue weighted by molar-refractivity contribution is 9.09. The zero-order valence-electron chi connectivity index (χ0n) is 11.2. The van der Waals surface area contributed by atoms with Gasteiger partial charge in [-0.2, -0.15) is 0 Å². The van der Waals surface area contributed by atoms with E-state index in [2.05, 4.69) is 34.3 Å². The number of halogens is 2. The minimum atomic E-state index is -0.170. The van der Waals surface area contributed by atoms with E-state index in [1.165, 1.54) is 10.5 Å². The molecule has 0 aromatic heterocycles. The van der Waals surface area contributed by atoms with Gasteiger partial charge in [0, 0.05) is 4.90 Å². The van der Waals surface area contributed by atoms with Crippen LogP contribution in [0.15, 0.2) is 41.3 Å². The molecule has 1 unspecified atom stereocenters. The number of benzene rings is 2. The summed E-state index contributed by atoms with van der Waals surface area (Å²) in [5.41, 5.74) is 4.35. The molecule has 3 heteroatoms. The molecule has 0 aliphatic heterocycles. The first-order valence-corrected chi connectivity index (χ1v) is 8.22. The Kier molecular flexibility index (Phi) is 4.69. The third-order valence-electron chi connectivity index (χ3n) is 3.22. The van der Waals surface area contributed by atoms with Gasteiger partial charge in [-0.3, -0.25) is 0 Å². The molecule has 0 spiro atoms. The summed E-state index contributed by atoms with van der Waals surface area (Å²) in [6.07, 6.45) is 2.07. The summed E-state index contributed by atoms with van der Waals surface area (Å²) in [5.74, 6) is -0.170. The molecule has 0 aliphatic carbocycles. The number of hydrogen-bond acceptors (Lipinski definition) is 1. The van der Waals surface area contributed by atoms with Crippen molar-refractivity contribution in [2.24, 2.45) is 0 Å². The van der Waals surface area contributed by atoms with E-state index in [4.69, 9.17) is 0 Å². The summed E-state index contributed by atoms with van der Waals surface area (Å²) < 4.78 is 13.4. The van der Waals surface area contributed by atoms with Gasteiger partial charge in [-0.15, -0.1) is 11.8 Å². The minimum absolute atomic E-state index is 0.0942. The maximum Gasteiger partial charge on any atom is 0.123 e. The average molecular weight is 339 g/mol. The first-order valence-electron chi connectivity index (χ1n) is 6.08. The van der Waals surface area contributed by atoms with E-state index in [9.17, 15) is 4.39 Å². The predicted octanol–water partition coefficient (Wildman–Crippen LogP) is 5.65. The molecule has 0 nitrogen and oxygen atoms in total. The van der Waals surface area contributed by atoms with Gasteiger partial charge in [0.25, 0.3) is 0 Å². The Labute approximate surface area is 126 Å². The molecule has 0 bridgehead atoms. The lowest BCUT2D eigenvalue weighted by molar-refractivity contribution is 0.624. The summed E-state index contributed by atoms with van der Waals surface area (Å²) in [7, 11) is 0. The predicted molar refractivity (Wildman–Crippen MR) is 84.9 cm³/mol. The molecule has 2 rings (SSSR count). The van der Waals surface area contributed by atoms with Crippen molar-refractivity contribution in [2.75, 3.05) is 6.26 Å². The highest BCUT2D eigenvalue weighted by Gasteiger charge is 2.18. The third kappa shape index (κ3) is 3.03. The zero-order chi connectivity index (χ0) is 14.0. The molecule has 0 N–H and O–H groups in total. The second kappa shape index (κ2) is 6.10. The van der Waals surface area contributed by atoms with Crippen LogP contribution in [0.1, 0.15) is 27.1 Å². The van der Waals surface area contributed by atoms with Crippen molar-refractivity contribution in [1.29, 1.82) is 0 Å². The van der Waals surface area contributed by atoms with Gasteiger partial charge in [-0.1, -0.05) is 34.1 Å². The van der Waals surface area contributed by atoms with Crippen LogP contribution in [0.2, 0.25) is 0 Å². The maximum absolute atomic E-state index is 13.4. The van der Waals surface area contributed by atoms with Crippen LogP contribution in [0.3, 0.4) is 0 Å². The molecule has 0 radical (unpaired) electrons. The van der Waals surface area contributed by atoms with Gasteiger partial charge in [-0.25, -0.2) is 4.39 Å². The molecule has 0 aliphatic rings. The zero-order valence-corrected chi connectivity index (χ0v) is 13.6. The van der Waals surface area contributed by atoms with Gasteiger partial charge in [0.05, 0.1) is 4.83 Å². The Hall–Kier alpha value is -0.800. The molecule has 1 atom stereocenters. The van der Waals surface area contributed by atoms with E-state index < -0.39 is 0 Å². The molecule has 2 aromatic rings. The molecule has 100 valence electrons. The molecule has 0 heterocycles. The van der Waals surface area contributed by atoms with Crippen molar-refractivity contribution in [3.05, 3.63) is 64.5 Å². The van der Waals surface area contributed by atoms with Crippen molar-refractivity contribution in [1.82, 2.24) is 0 Å². The topological polar surface area (TPSA) is 0 Å². The van der Waals surface area contributed by atoms with Crippen molar-refractivity contribution < 1.29 is 4.39 Å². The molecule has 2 aromatic carbocycles. The molecular weight excluding hydrogens is 323 g/mol. The normalized spacial score (nSPS) is 12.5. The van der Waals surface area contributed by atoms with Crippen molar-refractivity contribution in [3.8, 4) is 0 Å². The Bertz CT molecular complexity index is 572. The second-order valence-electron chi connectivity index (χ2n) is 4.56. The standard InChI is InChI=1S/C16H16BrFS/c1-10-8-12(18)9-11(2)15(10)16(17)13-6-4-5-7-14(13)19-3/h4-9,16H,1-3H3. The fraction of sp³-hybridized carbons (Fsp3) is 0.250. The van der Waals surface area contributed by atoms with Gasteiger partial charge in [0.2, 0.25) is 0 Å². The molecule has 0 amide bonds. The molecule has 19 heavy (non-hydrogen) atoms. The number of aryl methyl sites for hydroxylation is 2. The first kappa shape index (κ1) is 14.6.